The minimum absolute atomic E-state index is 0.0193. The standard InChI is InChI=1S/C26H30N4O6/c1-26(2,3)36-25(33)30-15-20(28-23(30)27)14-21(22(31)34-16-18-10-6-4-7-11-18)29-24(32)35-17-19-12-8-5-9-13-19/h4-13,15,21H,14,16-17H2,1-3H3,(H2,27,28)(H,29,32)/t21-/m0/s1. The lowest BCUT2D eigenvalue weighted by Gasteiger charge is -2.19. The van der Waals surface area contributed by atoms with Gasteiger partial charge in [-0.25, -0.2) is 23.9 Å². The van der Waals surface area contributed by atoms with Gasteiger partial charge in [-0.2, -0.15) is 0 Å². The van der Waals surface area contributed by atoms with E-state index >= 15 is 0 Å². The Kier molecular flexibility index (Phi) is 8.66. The van der Waals surface area contributed by atoms with Crippen molar-refractivity contribution in [2.75, 3.05) is 5.73 Å². The largest absolute Gasteiger partial charge is 0.459 e. The number of nitrogen functional groups attached to an aromatic ring is 1. The van der Waals surface area contributed by atoms with E-state index in [1.54, 1.807) is 20.8 Å². The van der Waals surface area contributed by atoms with Crippen molar-refractivity contribution < 1.29 is 28.6 Å². The van der Waals surface area contributed by atoms with Crippen molar-refractivity contribution in [3.05, 3.63) is 83.7 Å². The highest BCUT2D eigenvalue weighted by atomic mass is 16.6. The van der Waals surface area contributed by atoms with Gasteiger partial charge in [-0.15, -0.1) is 0 Å². The van der Waals surface area contributed by atoms with Crippen LogP contribution in [0.3, 0.4) is 0 Å². The summed E-state index contributed by atoms with van der Waals surface area (Å²) in [5.74, 6) is -0.803. The number of anilines is 1. The minimum Gasteiger partial charge on any atom is -0.459 e. The van der Waals surface area contributed by atoms with Crippen LogP contribution in [0.1, 0.15) is 37.6 Å². The van der Waals surface area contributed by atoms with Gasteiger partial charge in [-0.3, -0.25) is 0 Å². The third-order valence-corrected chi connectivity index (χ3v) is 4.80. The summed E-state index contributed by atoms with van der Waals surface area (Å²) in [7, 11) is 0. The first-order valence-electron chi connectivity index (χ1n) is 11.4. The first kappa shape index (κ1) is 26.3. The van der Waals surface area contributed by atoms with Crippen LogP contribution < -0.4 is 11.1 Å². The second kappa shape index (κ2) is 11.9. The molecule has 3 N–H and O–H groups in total. The third kappa shape index (κ3) is 8.15. The van der Waals surface area contributed by atoms with E-state index in [0.717, 1.165) is 15.7 Å². The molecule has 10 nitrogen and oxygen atoms in total. The van der Waals surface area contributed by atoms with E-state index < -0.39 is 29.8 Å². The van der Waals surface area contributed by atoms with Gasteiger partial charge in [-0.1, -0.05) is 60.7 Å². The van der Waals surface area contributed by atoms with Crippen LogP contribution in [-0.4, -0.2) is 39.3 Å². The van der Waals surface area contributed by atoms with E-state index in [-0.39, 0.29) is 31.3 Å². The molecule has 0 bridgehead atoms. The lowest BCUT2D eigenvalue weighted by Crippen LogP contribution is -2.43. The van der Waals surface area contributed by atoms with Crippen molar-refractivity contribution in [2.24, 2.45) is 0 Å². The molecule has 10 heteroatoms. The monoisotopic (exact) mass is 494 g/mol. The number of hydrogen-bond donors (Lipinski definition) is 2. The number of esters is 1. The third-order valence-electron chi connectivity index (χ3n) is 4.80. The molecule has 3 rings (SSSR count). The lowest BCUT2D eigenvalue weighted by molar-refractivity contribution is -0.147. The molecule has 0 unspecified atom stereocenters. The number of rotatable bonds is 8. The molecule has 36 heavy (non-hydrogen) atoms. The van der Waals surface area contributed by atoms with Gasteiger partial charge in [0.1, 0.15) is 24.9 Å². The fourth-order valence-electron chi connectivity index (χ4n) is 3.14. The maximum atomic E-state index is 12.9. The smallest absolute Gasteiger partial charge is 0.421 e. The number of imidazole rings is 1. The van der Waals surface area contributed by atoms with Crippen LogP contribution in [0.25, 0.3) is 0 Å². The predicted molar refractivity (Wildman–Crippen MR) is 132 cm³/mol. The van der Waals surface area contributed by atoms with Crippen LogP contribution in [0.4, 0.5) is 15.5 Å². The maximum absolute atomic E-state index is 12.9. The highest BCUT2D eigenvalue weighted by Crippen LogP contribution is 2.14. The summed E-state index contributed by atoms with van der Waals surface area (Å²) >= 11 is 0. The van der Waals surface area contributed by atoms with Crippen molar-refractivity contribution in [1.29, 1.82) is 0 Å². The Balaban J connectivity index is 1.70. The van der Waals surface area contributed by atoms with Crippen LogP contribution in [-0.2, 0) is 38.6 Å². The molecule has 0 radical (unpaired) electrons. The first-order chi connectivity index (χ1) is 17.1. The summed E-state index contributed by atoms with van der Waals surface area (Å²) in [6, 6.07) is 17.1. The van der Waals surface area contributed by atoms with E-state index in [9.17, 15) is 14.4 Å². The Bertz CT molecular complexity index is 1170. The Labute approximate surface area is 209 Å². The van der Waals surface area contributed by atoms with E-state index in [0.29, 0.717) is 0 Å². The number of carbonyl (C=O) groups excluding carboxylic acids is 3. The molecule has 0 fully saturated rings. The highest BCUT2D eigenvalue weighted by molar-refractivity contribution is 5.81. The average Bonchev–Trinajstić information content (AvgIpc) is 3.21. The van der Waals surface area contributed by atoms with Crippen molar-refractivity contribution >= 4 is 24.1 Å². The number of nitrogens with zero attached hydrogens (tertiary/aromatic N) is 2. The number of hydrogen-bond acceptors (Lipinski definition) is 8. The molecular formula is C26H30N4O6. The van der Waals surface area contributed by atoms with Crippen molar-refractivity contribution in [3.8, 4) is 0 Å². The van der Waals surface area contributed by atoms with Crippen LogP contribution in [0.2, 0.25) is 0 Å². The second-order valence-corrected chi connectivity index (χ2v) is 9.00. The lowest BCUT2D eigenvalue weighted by atomic mass is 10.1. The second-order valence-electron chi connectivity index (χ2n) is 9.00. The van der Waals surface area contributed by atoms with Crippen molar-refractivity contribution in [2.45, 2.75) is 52.0 Å². The number of nitrogens with two attached hydrogens (primary N) is 1. The average molecular weight is 495 g/mol. The number of amides is 1. The number of benzene rings is 2. The fraction of sp³-hybridized carbons (Fsp3) is 0.308. The molecule has 0 aliphatic carbocycles. The van der Waals surface area contributed by atoms with Crippen molar-refractivity contribution in [3.63, 3.8) is 0 Å². The van der Waals surface area contributed by atoms with Gasteiger partial charge in [-0.05, 0) is 31.9 Å². The van der Waals surface area contributed by atoms with Crippen molar-refractivity contribution in [1.82, 2.24) is 14.9 Å². The molecule has 0 aliphatic heterocycles. The molecule has 2 aromatic carbocycles. The molecular weight excluding hydrogens is 464 g/mol. The van der Waals surface area contributed by atoms with E-state index in [1.165, 1.54) is 6.20 Å². The zero-order valence-corrected chi connectivity index (χ0v) is 20.5. The number of aromatic nitrogens is 2. The van der Waals surface area contributed by atoms with Crippen LogP contribution in [0.5, 0.6) is 0 Å². The normalized spacial score (nSPS) is 11.9. The van der Waals surface area contributed by atoms with E-state index in [1.807, 2.05) is 60.7 Å². The number of carbonyl (C=O) groups is 3. The van der Waals surface area contributed by atoms with Gasteiger partial charge >= 0.3 is 18.2 Å². The zero-order chi connectivity index (χ0) is 26.1. The number of nitrogens with one attached hydrogen (secondary N) is 1. The van der Waals surface area contributed by atoms with Crippen LogP contribution in [0, 0.1) is 0 Å². The molecule has 1 amide bonds. The molecule has 0 spiro atoms. The summed E-state index contributed by atoms with van der Waals surface area (Å²) in [6.45, 7) is 5.22. The molecule has 0 aliphatic rings. The summed E-state index contributed by atoms with van der Waals surface area (Å²) < 4.78 is 17.0. The van der Waals surface area contributed by atoms with Gasteiger partial charge in [0.25, 0.3) is 0 Å². The number of ether oxygens (including phenoxy) is 3. The fourth-order valence-corrected chi connectivity index (χ4v) is 3.14. The maximum Gasteiger partial charge on any atom is 0.421 e. The van der Waals surface area contributed by atoms with Crippen LogP contribution >= 0.6 is 0 Å². The van der Waals surface area contributed by atoms with Gasteiger partial charge in [0.05, 0.1) is 5.69 Å². The first-order valence-corrected chi connectivity index (χ1v) is 11.4. The minimum atomic E-state index is -1.14. The number of alkyl carbamates (subject to hydrolysis) is 1. The topological polar surface area (TPSA) is 135 Å². The highest BCUT2D eigenvalue weighted by Gasteiger charge is 2.27. The van der Waals surface area contributed by atoms with Gasteiger partial charge < -0.3 is 25.3 Å². The molecule has 3 aromatic rings. The van der Waals surface area contributed by atoms with Gasteiger partial charge in [0.2, 0.25) is 5.95 Å². The predicted octanol–water partition coefficient (Wildman–Crippen LogP) is 3.83. The zero-order valence-electron chi connectivity index (χ0n) is 20.5. The summed E-state index contributed by atoms with van der Waals surface area (Å²) in [4.78, 5) is 41.9. The summed E-state index contributed by atoms with van der Waals surface area (Å²) in [6.07, 6.45) is -0.247. The molecule has 1 atom stereocenters. The molecule has 190 valence electrons. The molecule has 1 heterocycles. The van der Waals surface area contributed by atoms with E-state index in [4.69, 9.17) is 19.9 Å². The Morgan fingerprint density at radius 1 is 0.944 bits per heavy atom. The quantitative estimate of drug-likeness (QED) is 0.356. The van der Waals surface area contributed by atoms with Gasteiger partial charge in [0.15, 0.2) is 0 Å². The molecule has 1 aromatic heterocycles. The summed E-state index contributed by atoms with van der Waals surface area (Å²) in [5, 5.41) is 2.53. The Morgan fingerprint density at radius 2 is 1.50 bits per heavy atom. The molecule has 0 saturated heterocycles. The van der Waals surface area contributed by atoms with Gasteiger partial charge in [0, 0.05) is 12.6 Å². The molecule has 0 saturated carbocycles. The Morgan fingerprint density at radius 3 is 2.06 bits per heavy atom. The summed E-state index contributed by atoms with van der Waals surface area (Å²) in [5.41, 5.74) is 7.01. The Hall–Kier alpha value is -4.34. The SMILES string of the molecule is CC(C)(C)OC(=O)n1cc(C[C@H](NC(=O)OCc2ccccc2)C(=O)OCc2ccccc2)nc1N. The van der Waals surface area contributed by atoms with E-state index in [2.05, 4.69) is 10.3 Å². The van der Waals surface area contributed by atoms with Crippen LogP contribution in [0.15, 0.2) is 66.9 Å².